The first kappa shape index (κ1) is 15.3. The predicted octanol–water partition coefficient (Wildman–Crippen LogP) is 2.51. The van der Waals surface area contributed by atoms with Crippen molar-refractivity contribution < 1.29 is 4.74 Å². The molecule has 3 heteroatoms. The number of ether oxygens (including phenoxy) is 1. The van der Waals surface area contributed by atoms with Crippen molar-refractivity contribution in [2.45, 2.75) is 58.5 Å². The molecular weight excluding hydrogens is 236 g/mol. The summed E-state index contributed by atoms with van der Waals surface area (Å²) in [6.07, 6.45) is 5.38. The Morgan fingerprint density at radius 2 is 2.11 bits per heavy atom. The number of methoxy groups -OCH3 is 1. The summed E-state index contributed by atoms with van der Waals surface area (Å²) in [4.78, 5) is 2.70. The lowest BCUT2D eigenvalue weighted by atomic mass is 9.91. The summed E-state index contributed by atoms with van der Waals surface area (Å²) < 4.78 is 5.32. The molecule has 0 spiro atoms. The van der Waals surface area contributed by atoms with Crippen LogP contribution >= 0.6 is 0 Å². The van der Waals surface area contributed by atoms with E-state index in [0.717, 1.165) is 25.1 Å². The molecule has 0 aromatic heterocycles. The maximum atomic E-state index is 5.32. The zero-order chi connectivity index (χ0) is 13.9. The molecule has 1 heterocycles. The Hall–Kier alpha value is -0.120. The van der Waals surface area contributed by atoms with Crippen LogP contribution in [-0.2, 0) is 4.74 Å². The van der Waals surface area contributed by atoms with E-state index >= 15 is 0 Å². The summed E-state index contributed by atoms with van der Waals surface area (Å²) in [5.74, 6) is 0.813. The highest BCUT2D eigenvalue weighted by Gasteiger charge is 2.40. The molecular formula is C16H32N2O. The van der Waals surface area contributed by atoms with Gasteiger partial charge >= 0.3 is 0 Å². The van der Waals surface area contributed by atoms with Gasteiger partial charge in [-0.15, -0.1) is 0 Å². The Morgan fingerprint density at radius 1 is 1.32 bits per heavy atom. The van der Waals surface area contributed by atoms with Crippen molar-refractivity contribution in [3.05, 3.63) is 0 Å². The first-order chi connectivity index (χ1) is 9.02. The van der Waals surface area contributed by atoms with Crippen LogP contribution in [0.15, 0.2) is 0 Å². The molecule has 3 nitrogen and oxygen atoms in total. The summed E-state index contributed by atoms with van der Waals surface area (Å²) in [6.45, 7) is 11.6. The number of rotatable bonds is 6. The third-order valence-corrected chi connectivity index (χ3v) is 4.96. The van der Waals surface area contributed by atoms with Gasteiger partial charge in [0.15, 0.2) is 0 Å². The highest BCUT2D eigenvalue weighted by atomic mass is 16.5. The zero-order valence-corrected chi connectivity index (χ0v) is 13.2. The van der Waals surface area contributed by atoms with Gasteiger partial charge in [0.25, 0.3) is 0 Å². The van der Waals surface area contributed by atoms with Crippen LogP contribution in [0.2, 0.25) is 0 Å². The summed E-state index contributed by atoms with van der Waals surface area (Å²) in [5.41, 5.74) is 0.512. The maximum Gasteiger partial charge on any atom is 0.0589 e. The van der Waals surface area contributed by atoms with Crippen LogP contribution in [-0.4, -0.2) is 50.3 Å². The van der Waals surface area contributed by atoms with Gasteiger partial charge in [-0.05, 0) is 43.6 Å². The number of nitrogens with one attached hydrogen (secondary N) is 1. The monoisotopic (exact) mass is 268 g/mol. The number of nitrogens with zero attached hydrogens (tertiary/aromatic N) is 1. The molecule has 1 aliphatic carbocycles. The predicted molar refractivity (Wildman–Crippen MR) is 80.4 cm³/mol. The SMILES string of the molecule is COCCN(CC1CCCN1)C1CC(C)(C)CC1C. The van der Waals surface area contributed by atoms with Gasteiger partial charge in [0.2, 0.25) is 0 Å². The van der Waals surface area contributed by atoms with Gasteiger partial charge in [0, 0.05) is 32.3 Å². The highest BCUT2D eigenvalue weighted by Crippen LogP contribution is 2.43. The number of hydrogen-bond donors (Lipinski definition) is 1. The molecule has 19 heavy (non-hydrogen) atoms. The fourth-order valence-electron chi connectivity index (χ4n) is 4.14. The molecule has 3 unspecified atom stereocenters. The molecule has 0 bridgehead atoms. The van der Waals surface area contributed by atoms with E-state index in [1.807, 2.05) is 7.11 Å². The molecule has 0 amide bonds. The topological polar surface area (TPSA) is 24.5 Å². The van der Waals surface area contributed by atoms with Crippen LogP contribution in [0.4, 0.5) is 0 Å². The second kappa shape index (κ2) is 6.55. The van der Waals surface area contributed by atoms with E-state index < -0.39 is 0 Å². The third-order valence-electron chi connectivity index (χ3n) is 4.96. The molecule has 2 fully saturated rings. The van der Waals surface area contributed by atoms with E-state index in [4.69, 9.17) is 4.74 Å². The molecule has 1 saturated heterocycles. The lowest BCUT2D eigenvalue weighted by Gasteiger charge is -2.34. The third kappa shape index (κ3) is 4.17. The molecule has 3 atom stereocenters. The lowest BCUT2D eigenvalue weighted by molar-refractivity contribution is 0.0968. The van der Waals surface area contributed by atoms with Gasteiger partial charge in [0.05, 0.1) is 6.61 Å². The normalized spacial score (nSPS) is 34.3. The van der Waals surface area contributed by atoms with Crippen LogP contribution in [0.25, 0.3) is 0 Å². The average Bonchev–Trinajstić information content (AvgIpc) is 2.92. The van der Waals surface area contributed by atoms with Crippen LogP contribution in [0, 0.1) is 11.3 Å². The summed E-state index contributed by atoms with van der Waals surface area (Å²) in [7, 11) is 1.81. The summed E-state index contributed by atoms with van der Waals surface area (Å²) in [5, 5.41) is 3.64. The highest BCUT2D eigenvalue weighted by molar-refractivity contribution is 4.94. The zero-order valence-electron chi connectivity index (χ0n) is 13.2. The molecule has 1 N–H and O–H groups in total. The minimum atomic E-state index is 0.512. The molecule has 0 aromatic rings. The van der Waals surface area contributed by atoms with Crippen LogP contribution in [0.5, 0.6) is 0 Å². The van der Waals surface area contributed by atoms with Crippen molar-refractivity contribution in [3.8, 4) is 0 Å². The van der Waals surface area contributed by atoms with Crippen LogP contribution in [0.3, 0.4) is 0 Å². The Labute approximate surface area is 119 Å². The quantitative estimate of drug-likeness (QED) is 0.801. The summed E-state index contributed by atoms with van der Waals surface area (Å²) >= 11 is 0. The van der Waals surface area contributed by atoms with E-state index in [2.05, 4.69) is 31.0 Å². The Morgan fingerprint density at radius 3 is 2.63 bits per heavy atom. The first-order valence-corrected chi connectivity index (χ1v) is 7.98. The second-order valence-electron chi connectivity index (χ2n) is 7.40. The molecule has 1 aliphatic heterocycles. The molecule has 0 radical (unpaired) electrons. The molecule has 112 valence electrons. The summed E-state index contributed by atoms with van der Waals surface area (Å²) in [6, 6.07) is 1.44. The van der Waals surface area contributed by atoms with Gasteiger partial charge in [-0.25, -0.2) is 0 Å². The minimum Gasteiger partial charge on any atom is -0.383 e. The lowest BCUT2D eigenvalue weighted by Crippen LogP contribution is -2.46. The van der Waals surface area contributed by atoms with Crippen LogP contribution in [0.1, 0.15) is 46.5 Å². The second-order valence-corrected chi connectivity index (χ2v) is 7.40. The average molecular weight is 268 g/mol. The van der Waals surface area contributed by atoms with Gasteiger partial charge in [-0.3, -0.25) is 4.90 Å². The van der Waals surface area contributed by atoms with Crippen molar-refractivity contribution in [1.82, 2.24) is 10.2 Å². The van der Waals surface area contributed by atoms with E-state index in [1.165, 1.54) is 38.8 Å². The van der Waals surface area contributed by atoms with E-state index in [-0.39, 0.29) is 0 Å². The molecule has 0 aromatic carbocycles. The van der Waals surface area contributed by atoms with Gasteiger partial charge < -0.3 is 10.1 Å². The van der Waals surface area contributed by atoms with E-state index in [1.54, 1.807) is 0 Å². The minimum absolute atomic E-state index is 0.512. The molecule has 1 saturated carbocycles. The van der Waals surface area contributed by atoms with Crippen molar-refractivity contribution in [2.24, 2.45) is 11.3 Å². The Bertz CT molecular complexity index is 274. The largest absolute Gasteiger partial charge is 0.383 e. The smallest absolute Gasteiger partial charge is 0.0589 e. The molecule has 2 aliphatic rings. The van der Waals surface area contributed by atoms with Crippen molar-refractivity contribution >= 4 is 0 Å². The molecule has 2 rings (SSSR count). The van der Waals surface area contributed by atoms with Crippen LogP contribution < -0.4 is 5.32 Å². The van der Waals surface area contributed by atoms with Crippen molar-refractivity contribution in [2.75, 3.05) is 33.4 Å². The first-order valence-electron chi connectivity index (χ1n) is 7.98. The maximum absolute atomic E-state index is 5.32. The standard InChI is InChI=1S/C16H32N2O/c1-13-10-16(2,3)11-15(13)18(8-9-19-4)12-14-6-5-7-17-14/h13-15,17H,5-12H2,1-4H3. The van der Waals surface area contributed by atoms with Gasteiger partial charge in [-0.1, -0.05) is 20.8 Å². The van der Waals surface area contributed by atoms with Gasteiger partial charge in [-0.2, -0.15) is 0 Å². The fraction of sp³-hybridized carbons (Fsp3) is 1.00. The van der Waals surface area contributed by atoms with Crippen molar-refractivity contribution in [3.63, 3.8) is 0 Å². The fourth-order valence-corrected chi connectivity index (χ4v) is 4.14. The van der Waals surface area contributed by atoms with E-state index in [9.17, 15) is 0 Å². The van der Waals surface area contributed by atoms with E-state index in [0.29, 0.717) is 11.5 Å². The van der Waals surface area contributed by atoms with Crippen molar-refractivity contribution in [1.29, 1.82) is 0 Å². The Kier molecular flexibility index (Phi) is 5.27. The Balaban J connectivity index is 1.95. The number of hydrogen-bond acceptors (Lipinski definition) is 3. The van der Waals surface area contributed by atoms with Gasteiger partial charge in [0.1, 0.15) is 0 Å².